The Kier molecular flexibility index (Phi) is 3.62. The first-order chi connectivity index (χ1) is 10.1. The fourth-order valence-electron chi connectivity index (χ4n) is 1.92. The lowest BCUT2D eigenvalue weighted by molar-refractivity contribution is 0.418. The van der Waals surface area contributed by atoms with E-state index in [4.69, 9.17) is 4.52 Å². The number of rotatable bonds is 3. The minimum atomic E-state index is 0.0733. The van der Waals surface area contributed by atoms with Crippen LogP contribution in [0.1, 0.15) is 11.4 Å². The Morgan fingerprint density at radius 1 is 1.05 bits per heavy atom. The van der Waals surface area contributed by atoms with Crippen LogP contribution in [0.3, 0.4) is 0 Å². The van der Waals surface area contributed by atoms with E-state index in [0.29, 0.717) is 17.8 Å². The second kappa shape index (κ2) is 5.57. The summed E-state index contributed by atoms with van der Waals surface area (Å²) in [5.74, 6) is 1.07. The number of halogens is 1. The summed E-state index contributed by atoms with van der Waals surface area (Å²) >= 11 is 3.28. The first kappa shape index (κ1) is 13.6. The fraction of sp³-hybridized carbons (Fsp3) is 0.0667. The largest absolute Gasteiger partial charge is 0.508 e. The summed E-state index contributed by atoms with van der Waals surface area (Å²) in [6.07, 6.45) is 0.487. The maximum Gasteiger partial charge on any atom is 0.261 e. The molecular formula is C15H11BrN2O3. The van der Waals surface area contributed by atoms with Gasteiger partial charge < -0.3 is 14.7 Å². The predicted molar refractivity (Wildman–Crippen MR) is 80.0 cm³/mol. The third-order valence-corrected chi connectivity index (χ3v) is 3.45. The van der Waals surface area contributed by atoms with Crippen LogP contribution < -0.4 is 0 Å². The Morgan fingerprint density at radius 2 is 1.81 bits per heavy atom. The van der Waals surface area contributed by atoms with Crippen LogP contribution in [-0.4, -0.2) is 20.4 Å². The van der Waals surface area contributed by atoms with Crippen molar-refractivity contribution in [3.63, 3.8) is 0 Å². The zero-order chi connectivity index (χ0) is 14.8. The molecule has 3 rings (SSSR count). The van der Waals surface area contributed by atoms with E-state index in [2.05, 4.69) is 26.1 Å². The molecule has 3 aromatic rings. The molecule has 0 aliphatic heterocycles. The van der Waals surface area contributed by atoms with Crippen molar-refractivity contribution in [2.75, 3.05) is 0 Å². The van der Waals surface area contributed by atoms with Gasteiger partial charge in [0.15, 0.2) is 5.82 Å². The molecule has 0 spiro atoms. The zero-order valence-corrected chi connectivity index (χ0v) is 12.4. The highest BCUT2D eigenvalue weighted by molar-refractivity contribution is 9.10. The molecule has 0 saturated heterocycles. The van der Waals surface area contributed by atoms with Gasteiger partial charge in [0.1, 0.15) is 11.5 Å². The van der Waals surface area contributed by atoms with E-state index in [-0.39, 0.29) is 17.4 Å². The summed E-state index contributed by atoms with van der Waals surface area (Å²) in [5.41, 5.74) is 1.45. The van der Waals surface area contributed by atoms with E-state index in [9.17, 15) is 10.2 Å². The molecule has 0 aliphatic rings. The standard InChI is InChI=1S/C15H11BrN2O3/c16-10-3-6-12(13(20)8-10)15-17-14(18-21-15)7-9-1-4-11(19)5-2-9/h1-6,8,19-20H,7H2. The highest BCUT2D eigenvalue weighted by Gasteiger charge is 2.13. The van der Waals surface area contributed by atoms with Crippen molar-refractivity contribution in [2.45, 2.75) is 6.42 Å². The number of aromatic nitrogens is 2. The van der Waals surface area contributed by atoms with Gasteiger partial charge in [0.25, 0.3) is 5.89 Å². The van der Waals surface area contributed by atoms with Gasteiger partial charge in [-0.05, 0) is 35.9 Å². The third kappa shape index (κ3) is 3.05. The second-order valence-electron chi connectivity index (χ2n) is 4.52. The van der Waals surface area contributed by atoms with E-state index in [1.54, 1.807) is 42.5 Å². The highest BCUT2D eigenvalue weighted by Crippen LogP contribution is 2.30. The average molecular weight is 347 g/mol. The second-order valence-corrected chi connectivity index (χ2v) is 5.44. The first-order valence-electron chi connectivity index (χ1n) is 6.21. The van der Waals surface area contributed by atoms with Crippen LogP contribution in [0.15, 0.2) is 51.5 Å². The molecule has 106 valence electrons. The summed E-state index contributed by atoms with van der Waals surface area (Å²) in [6.45, 7) is 0. The van der Waals surface area contributed by atoms with Crippen LogP contribution in [0.25, 0.3) is 11.5 Å². The molecule has 5 nitrogen and oxygen atoms in total. The predicted octanol–water partition coefficient (Wildman–Crippen LogP) is 3.50. The van der Waals surface area contributed by atoms with Crippen molar-refractivity contribution in [3.8, 4) is 23.0 Å². The average Bonchev–Trinajstić information content (AvgIpc) is 2.90. The molecule has 6 heteroatoms. The summed E-state index contributed by atoms with van der Waals surface area (Å²) in [7, 11) is 0. The quantitative estimate of drug-likeness (QED) is 0.758. The summed E-state index contributed by atoms with van der Waals surface area (Å²) in [4.78, 5) is 4.27. The van der Waals surface area contributed by atoms with Crippen molar-refractivity contribution in [1.29, 1.82) is 0 Å². The maximum absolute atomic E-state index is 9.89. The van der Waals surface area contributed by atoms with Gasteiger partial charge in [-0.3, -0.25) is 0 Å². The van der Waals surface area contributed by atoms with Crippen LogP contribution in [0.4, 0.5) is 0 Å². The highest BCUT2D eigenvalue weighted by atomic mass is 79.9. The number of hydrogen-bond acceptors (Lipinski definition) is 5. The minimum absolute atomic E-state index is 0.0733. The molecule has 2 aromatic carbocycles. The van der Waals surface area contributed by atoms with Crippen LogP contribution in [0.2, 0.25) is 0 Å². The van der Waals surface area contributed by atoms with Crippen molar-refractivity contribution < 1.29 is 14.7 Å². The van der Waals surface area contributed by atoms with Gasteiger partial charge in [-0.25, -0.2) is 0 Å². The first-order valence-corrected chi connectivity index (χ1v) is 7.00. The van der Waals surface area contributed by atoms with E-state index in [0.717, 1.165) is 10.0 Å². The molecule has 1 aromatic heterocycles. The van der Waals surface area contributed by atoms with Crippen LogP contribution in [0.5, 0.6) is 11.5 Å². The lowest BCUT2D eigenvalue weighted by Gasteiger charge is -1.99. The topological polar surface area (TPSA) is 79.4 Å². The number of aromatic hydroxyl groups is 2. The maximum atomic E-state index is 9.89. The lowest BCUT2D eigenvalue weighted by Crippen LogP contribution is -1.90. The van der Waals surface area contributed by atoms with Crippen molar-refractivity contribution in [1.82, 2.24) is 10.1 Å². The number of benzene rings is 2. The molecule has 1 heterocycles. The normalized spacial score (nSPS) is 10.7. The SMILES string of the molecule is Oc1ccc(Cc2noc(-c3ccc(Br)cc3O)n2)cc1. The van der Waals surface area contributed by atoms with Crippen LogP contribution >= 0.6 is 15.9 Å². The Bertz CT molecular complexity index is 769. The van der Waals surface area contributed by atoms with E-state index in [1.807, 2.05) is 0 Å². The number of phenolic OH excluding ortho intramolecular Hbond substituents is 2. The molecule has 0 fully saturated rings. The van der Waals surface area contributed by atoms with E-state index < -0.39 is 0 Å². The van der Waals surface area contributed by atoms with Gasteiger partial charge in [-0.15, -0.1) is 0 Å². The summed E-state index contributed by atoms with van der Waals surface area (Å²) in [5, 5.41) is 23.0. The van der Waals surface area contributed by atoms with Gasteiger partial charge in [-0.2, -0.15) is 4.98 Å². The summed E-state index contributed by atoms with van der Waals surface area (Å²) in [6, 6.07) is 11.9. The molecule has 0 atom stereocenters. The Labute approximate surface area is 129 Å². The molecule has 2 N–H and O–H groups in total. The van der Waals surface area contributed by atoms with Gasteiger partial charge in [0, 0.05) is 10.9 Å². The molecule has 0 radical (unpaired) electrons. The molecule has 0 bridgehead atoms. The lowest BCUT2D eigenvalue weighted by atomic mass is 10.1. The molecule has 0 unspecified atom stereocenters. The van der Waals surface area contributed by atoms with Crippen molar-refractivity contribution in [3.05, 3.63) is 58.3 Å². The minimum Gasteiger partial charge on any atom is -0.508 e. The molecular weight excluding hydrogens is 336 g/mol. The summed E-state index contributed by atoms with van der Waals surface area (Å²) < 4.78 is 5.95. The van der Waals surface area contributed by atoms with Crippen LogP contribution in [0, 0.1) is 0 Å². The Morgan fingerprint density at radius 3 is 2.52 bits per heavy atom. The molecule has 0 saturated carbocycles. The smallest absolute Gasteiger partial charge is 0.261 e. The molecule has 0 amide bonds. The van der Waals surface area contributed by atoms with Gasteiger partial charge in [0.2, 0.25) is 0 Å². The van der Waals surface area contributed by atoms with Gasteiger partial charge in [0.05, 0.1) is 5.56 Å². The van der Waals surface area contributed by atoms with E-state index in [1.165, 1.54) is 0 Å². The van der Waals surface area contributed by atoms with E-state index >= 15 is 0 Å². The molecule has 0 aliphatic carbocycles. The Balaban J connectivity index is 1.84. The zero-order valence-electron chi connectivity index (χ0n) is 10.8. The van der Waals surface area contributed by atoms with Crippen molar-refractivity contribution >= 4 is 15.9 Å². The number of nitrogens with zero attached hydrogens (tertiary/aromatic N) is 2. The monoisotopic (exact) mass is 346 g/mol. The van der Waals surface area contributed by atoms with Crippen LogP contribution in [-0.2, 0) is 6.42 Å². The number of hydrogen-bond donors (Lipinski definition) is 2. The van der Waals surface area contributed by atoms with Crippen molar-refractivity contribution in [2.24, 2.45) is 0 Å². The molecule has 21 heavy (non-hydrogen) atoms. The fourth-order valence-corrected chi connectivity index (χ4v) is 2.27. The Hall–Kier alpha value is -2.34. The third-order valence-electron chi connectivity index (χ3n) is 2.96. The number of phenols is 2. The van der Waals surface area contributed by atoms with Gasteiger partial charge in [-0.1, -0.05) is 33.2 Å². The van der Waals surface area contributed by atoms with Gasteiger partial charge >= 0.3 is 0 Å².